The monoisotopic (exact) mass is 460 g/mol. The maximum atomic E-state index is 12.3. The highest BCUT2D eigenvalue weighted by Gasteiger charge is 2.20. The molecule has 136 valence electrons. The van der Waals surface area contributed by atoms with Crippen molar-refractivity contribution < 1.29 is 14.7 Å². The lowest BCUT2D eigenvalue weighted by Gasteiger charge is -2.03. The summed E-state index contributed by atoms with van der Waals surface area (Å²) in [4.78, 5) is 24.7. The fourth-order valence-electron chi connectivity index (χ4n) is 2.61. The highest BCUT2D eigenvalue weighted by Crippen LogP contribution is 2.33. The Bertz CT molecular complexity index is 1020. The number of halogens is 2. The smallest absolute Gasteiger partial charge is 0.337 e. The van der Waals surface area contributed by atoms with Crippen molar-refractivity contribution in [1.82, 2.24) is 0 Å². The number of carbonyl (C=O) groups is 2. The van der Waals surface area contributed by atoms with Gasteiger partial charge in [-0.3, -0.25) is 4.79 Å². The van der Waals surface area contributed by atoms with Gasteiger partial charge >= 0.3 is 5.97 Å². The number of carboxylic acid groups (broad SMARTS) is 1. The zero-order chi connectivity index (χ0) is 19.4. The van der Waals surface area contributed by atoms with Gasteiger partial charge in [-0.1, -0.05) is 57.9 Å². The Morgan fingerprint density at radius 2 is 1.81 bits per heavy atom. The van der Waals surface area contributed by atoms with Crippen molar-refractivity contribution in [3.63, 3.8) is 0 Å². The van der Waals surface area contributed by atoms with Gasteiger partial charge in [-0.25, -0.2) is 4.79 Å². The van der Waals surface area contributed by atoms with E-state index >= 15 is 0 Å². The van der Waals surface area contributed by atoms with Gasteiger partial charge in [0.25, 0.3) is 0 Å². The van der Waals surface area contributed by atoms with Gasteiger partial charge in [-0.2, -0.15) is 0 Å². The van der Waals surface area contributed by atoms with E-state index in [1.807, 2.05) is 42.5 Å². The number of thiophene rings is 1. The van der Waals surface area contributed by atoms with Gasteiger partial charge in [0.1, 0.15) is 0 Å². The number of ketones is 1. The Balaban J connectivity index is 1.85. The number of hydrogen-bond acceptors (Lipinski definition) is 3. The summed E-state index contributed by atoms with van der Waals surface area (Å²) >= 11 is 10.7. The topological polar surface area (TPSA) is 54.4 Å². The summed E-state index contributed by atoms with van der Waals surface area (Å²) in [6, 6.07) is 14.6. The first-order valence-corrected chi connectivity index (χ1v) is 10.1. The van der Waals surface area contributed by atoms with Crippen molar-refractivity contribution in [2.75, 3.05) is 0 Å². The molecule has 27 heavy (non-hydrogen) atoms. The molecule has 6 heteroatoms. The van der Waals surface area contributed by atoms with Crippen LogP contribution in [0.25, 0.3) is 17.2 Å². The van der Waals surface area contributed by atoms with Crippen LogP contribution in [-0.2, 0) is 11.2 Å². The van der Waals surface area contributed by atoms with E-state index in [0.717, 1.165) is 15.6 Å². The number of benzene rings is 2. The molecule has 1 N–H and O–H groups in total. The molecule has 1 aromatic heterocycles. The second kappa shape index (κ2) is 8.65. The van der Waals surface area contributed by atoms with E-state index in [4.69, 9.17) is 11.6 Å². The van der Waals surface area contributed by atoms with Crippen molar-refractivity contribution in [2.45, 2.75) is 6.42 Å². The summed E-state index contributed by atoms with van der Waals surface area (Å²) < 4.78 is 0.915. The molecule has 0 spiro atoms. The predicted octanol–water partition coefficient (Wildman–Crippen LogP) is 6.35. The zero-order valence-corrected chi connectivity index (χ0v) is 17.1. The Labute approximate surface area is 174 Å². The molecule has 0 unspecified atom stereocenters. The van der Waals surface area contributed by atoms with Crippen LogP contribution in [0.3, 0.4) is 0 Å². The third-order valence-corrected chi connectivity index (χ3v) is 5.78. The van der Waals surface area contributed by atoms with E-state index in [0.29, 0.717) is 15.5 Å². The van der Waals surface area contributed by atoms with Gasteiger partial charge in [0.2, 0.25) is 0 Å². The summed E-state index contributed by atoms with van der Waals surface area (Å²) in [5.74, 6) is -1.21. The fourth-order valence-corrected chi connectivity index (χ4v) is 4.13. The van der Waals surface area contributed by atoms with E-state index < -0.39 is 5.97 Å². The van der Waals surface area contributed by atoms with Crippen LogP contribution in [0.1, 0.15) is 20.8 Å². The minimum absolute atomic E-state index is 0.0315. The molecule has 3 aromatic rings. The Morgan fingerprint density at radius 3 is 2.48 bits per heavy atom. The molecular weight excluding hydrogens is 448 g/mol. The van der Waals surface area contributed by atoms with E-state index in [-0.39, 0.29) is 17.8 Å². The van der Waals surface area contributed by atoms with Gasteiger partial charge in [-0.15, -0.1) is 11.3 Å². The first-order chi connectivity index (χ1) is 13.0. The molecule has 0 atom stereocenters. The van der Waals surface area contributed by atoms with Crippen molar-refractivity contribution in [3.05, 3.63) is 85.5 Å². The minimum atomic E-state index is -1.04. The number of allylic oxidation sites excluding steroid dienone is 1. The second-order valence-corrected chi connectivity index (χ2v) is 8.04. The lowest BCUT2D eigenvalue weighted by molar-refractivity contribution is -0.113. The van der Waals surface area contributed by atoms with Gasteiger partial charge < -0.3 is 5.11 Å². The van der Waals surface area contributed by atoms with Crippen LogP contribution < -0.4 is 0 Å². The molecule has 0 aliphatic carbocycles. The normalized spacial score (nSPS) is 11.0. The molecule has 0 fully saturated rings. The van der Waals surface area contributed by atoms with E-state index in [2.05, 4.69) is 15.9 Å². The lowest BCUT2D eigenvalue weighted by Crippen LogP contribution is -2.05. The fraction of sp³-hybridized carbons (Fsp3) is 0.0476. The third-order valence-electron chi connectivity index (χ3n) is 3.93. The van der Waals surface area contributed by atoms with Crippen molar-refractivity contribution in [1.29, 1.82) is 0 Å². The number of hydrogen-bond donors (Lipinski definition) is 1. The minimum Gasteiger partial charge on any atom is -0.478 e. The molecule has 1 heterocycles. The maximum Gasteiger partial charge on any atom is 0.337 e. The number of aromatic carboxylic acids is 1. The highest BCUT2D eigenvalue weighted by atomic mass is 79.9. The number of carbonyl (C=O) groups excluding carboxylic acids is 1. The second-order valence-electron chi connectivity index (χ2n) is 5.76. The Morgan fingerprint density at radius 1 is 1.11 bits per heavy atom. The number of rotatable bonds is 6. The van der Waals surface area contributed by atoms with Gasteiger partial charge in [0.15, 0.2) is 5.78 Å². The van der Waals surface area contributed by atoms with Crippen LogP contribution in [0, 0.1) is 0 Å². The van der Waals surface area contributed by atoms with E-state index in [1.54, 1.807) is 17.5 Å². The molecule has 0 amide bonds. The Kier molecular flexibility index (Phi) is 6.26. The lowest BCUT2D eigenvalue weighted by atomic mass is 10.0. The molecule has 0 saturated heterocycles. The molecule has 2 aromatic carbocycles. The highest BCUT2D eigenvalue weighted by molar-refractivity contribution is 9.10. The number of carboxylic acids is 1. The van der Waals surface area contributed by atoms with Crippen molar-refractivity contribution >= 4 is 56.7 Å². The standard InChI is InChI=1S/C21H14BrClO3S/c22-15-8-5-13(6-9-15)17-12-27-19(20(17)21(25)26)11-16(24)10-7-14-3-1-2-4-18(14)23/h1-10,12H,11H2,(H,25,26)/b10-7+. The van der Waals surface area contributed by atoms with Crippen LogP contribution >= 0.6 is 38.9 Å². The largest absolute Gasteiger partial charge is 0.478 e. The average Bonchev–Trinajstić information content (AvgIpc) is 3.05. The summed E-state index contributed by atoms with van der Waals surface area (Å²) in [6.45, 7) is 0. The predicted molar refractivity (Wildman–Crippen MR) is 114 cm³/mol. The van der Waals surface area contributed by atoms with Crippen LogP contribution in [0.2, 0.25) is 5.02 Å². The first-order valence-electron chi connectivity index (χ1n) is 8.00. The quantitative estimate of drug-likeness (QED) is 0.435. The van der Waals surface area contributed by atoms with Crippen molar-refractivity contribution in [3.8, 4) is 11.1 Å². The van der Waals surface area contributed by atoms with E-state index in [1.165, 1.54) is 17.4 Å². The molecule has 0 aliphatic rings. The molecule has 3 nitrogen and oxygen atoms in total. The summed E-state index contributed by atoms with van der Waals surface area (Å²) in [5.41, 5.74) is 2.35. The Hall–Kier alpha value is -2.21. The molecule has 0 bridgehead atoms. The summed E-state index contributed by atoms with van der Waals surface area (Å²) in [6.07, 6.45) is 3.12. The van der Waals surface area contributed by atoms with Gasteiger partial charge in [0.05, 0.1) is 5.56 Å². The third kappa shape index (κ3) is 4.75. The van der Waals surface area contributed by atoms with Crippen LogP contribution in [0.5, 0.6) is 0 Å². The molecular formula is C21H14BrClO3S. The SMILES string of the molecule is O=C(/C=C/c1ccccc1Cl)Cc1scc(-c2ccc(Br)cc2)c1C(=O)O. The van der Waals surface area contributed by atoms with Crippen molar-refractivity contribution in [2.24, 2.45) is 0 Å². The zero-order valence-electron chi connectivity index (χ0n) is 14.0. The maximum absolute atomic E-state index is 12.3. The molecule has 0 saturated carbocycles. The average molecular weight is 462 g/mol. The summed E-state index contributed by atoms with van der Waals surface area (Å²) in [5, 5.41) is 12.0. The van der Waals surface area contributed by atoms with E-state index in [9.17, 15) is 14.7 Å². The van der Waals surface area contributed by atoms with Crippen LogP contribution in [0.15, 0.2) is 64.5 Å². The molecule has 3 rings (SSSR count). The van der Waals surface area contributed by atoms with Gasteiger partial charge in [0, 0.05) is 26.4 Å². The summed E-state index contributed by atoms with van der Waals surface area (Å²) in [7, 11) is 0. The van der Waals surface area contributed by atoms with Crippen LogP contribution in [0.4, 0.5) is 0 Å². The van der Waals surface area contributed by atoms with Crippen LogP contribution in [-0.4, -0.2) is 16.9 Å². The molecule has 0 radical (unpaired) electrons. The molecule has 0 aliphatic heterocycles. The first kappa shape index (κ1) is 19.5. The van der Waals surface area contributed by atoms with Gasteiger partial charge in [-0.05, 0) is 46.9 Å².